The molecule has 0 saturated carbocycles. The number of nitrogens with zero attached hydrogens (tertiary/aromatic N) is 1. The zero-order valence-electron chi connectivity index (χ0n) is 22.6. The number of rotatable bonds is 7. The van der Waals surface area contributed by atoms with Crippen LogP contribution in [0.25, 0.3) is 10.9 Å². The van der Waals surface area contributed by atoms with Crippen LogP contribution in [0.15, 0.2) is 35.3 Å². The predicted molar refractivity (Wildman–Crippen MR) is 147 cm³/mol. The summed E-state index contributed by atoms with van der Waals surface area (Å²) in [5.74, 6) is -0.0215. The van der Waals surface area contributed by atoms with Gasteiger partial charge in [-0.05, 0) is 43.5 Å². The van der Waals surface area contributed by atoms with Crippen molar-refractivity contribution in [1.29, 1.82) is 0 Å². The summed E-state index contributed by atoms with van der Waals surface area (Å²) < 4.78 is 34.0. The molecular weight excluding hydrogens is 513 g/mol. The number of methoxy groups -OCH3 is 1. The maximum Gasteiger partial charge on any atom is 0.202 e. The van der Waals surface area contributed by atoms with Crippen LogP contribution < -0.4 is 14.9 Å². The summed E-state index contributed by atoms with van der Waals surface area (Å²) in [4.78, 5) is 12.8. The highest BCUT2D eigenvalue weighted by atomic mass is 35.5. The molecule has 0 amide bonds. The number of hydrogen-bond donors (Lipinski definition) is 2. The van der Waals surface area contributed by atoms with Crippen LogP contribution in [-0.4, -0.2) is 47.0 Å². The van der Waals surface area contributed by atoms with Crippen molar-refractivity contribution in [2.75, 3.05) is 13.7 Å². The van der Waals surface area contributed by atoms with Crippen LogP contribution in [0, 0.1) is 12.7 Å². The average Bonchev–Trinajstić information content (AvgIpc) is 2.86. The van der Waals surface area contributed by atoms with Gasteiger partial charge >= 0.3 is 0 Å². The lowest BCUT2D eigenvalue weighted by molar-refractivity contribution is -0.170. The first-order chi connectivity index (χ1) is 18.1. The molecule has 3 aromatic rings. The van der Waals surface area contributed by atoms with Gasteiger partial charge in [-0.15, -0.1) is 0 Å². The van der Waals surface area contributed by atoms with Gasteiger partial charge in [0.25, 0.3) is 0 Å². The highest BCUT2D eigenvalue weighted by Crippen LogP contribution is 2.35. The number of ether oxygens (including phenoxy) is 3. The first kappa shape index (κ1) is 29.9. The second-order valence-electron chi connectivity index (χ2n) is 9.59. The van der Waals surface area contributed by atoms with Gasteiger partial charge in [-0.25, -0.2) is 4.39 Å². The van der Waals surface area contributed by atoms with Crippen molar-refractivity contribution in [3.63, 3.8) is 0 Å². The second-order valence-corrected chi connectivity index (χ2v) is 9.97. The predicted octanol–water partition coefficient (Wildman–Crippen LogP) is 5.38. The molecule has 4 rings (SSSR count). The number of aryl methyl sites for hydroxylation is 1. The molecule has 1 saturated heterocycles. The van der Waals surface area contributed by atoms with Crippen molar-refractivity contribution in [1.82, 2.24) is 4.57 Å². The van der Waals surface area contributed by atoms with Crippen molar-refractivity contribution in [2.24, 2.45) is 0 Å². The van der Waals surface area contributed by atoms with Crippen molar-refractivity contribution < 1.29 is 28.8 Å². The minimum atomic E-state index is -0.721. The van der Waals surface area contributed by atoms with Crippen LogP contribution in [0.1, 0.15) is 56.7 Å². The van der Waals surface area contributed by atoms with Crippen molar-refractivity contribution in [3.8, 4) is 11.5 Å². The van der Waals surface area contributed by atoms with E-state index < -0.39 is 18.2 Å². The molecule has 0 bridgehead atoms. The smallest absolute Gasteiger partial charge is 0.202 e. The third-order valence-electron chi connectivity index (χ3n) is 6.22. The SMILES string of the molecule is CCC.COc1cc2c(cc1Cc1ccc(OC3CC(O)CC(C)O3)c(Cl)c1F)c(=O)c(C)cn2CCO. The van der Waals surface area contributed by atoms with E-state index in [1.165, 1.54) is 13.5 Å². The quantitative estimate of drug-likeness (QED) is 0.411. The van der Waals surface area contributed by atoms with Crippen LogP contribution in [0.5, 0.6) is 11.5 Å². The van der Waals surface area contributed by atoms with Gasteiger partial charge in [0.05, 0.1) is 31.4 Å². The Labute approximate surface area is 227 Å². The van der Waals surface area contributed by atoms with E-state index in [1.807, 2.05) is 6.92 Å². The molecular formula is C29H37ClFNO6. The second kappa shape index (κ2) is 13.4. The molecule has 9 heteroatoms. The average molecular weight is 550 g/mol. The zero-order valence-corrected chi connectivity index (χ0v) is 23.3. The Bertz CT molecular complexity index is 1300. The van der Waals surface area contributed by atoms with Gasteiger partial charge in [0, 0.05) is 42.6 Å². The number of halogens is 2. The number of aliphatic hydroxyl groups is 2. The normalized spacial score (nSPS) is 19.1. The van der Waals surface area contributed by atoms with E-state index in [1.54, 1.807) is 42.0 Å². The summed E-state index contributed by atoms with van der Waals surface area (Å²) in [6.45, 7) is 8.05. The summed E-state index contributed by atoms with van der Waals surface area (Å²) in [6, 6.07) is 6.57. The standard InChI is InChI=1S/C26H29ClFNO6.C3H8/c1-14-13-29(6-7-30)20-12-22(33-3)17(10-19(20)26(14)32)9-16-4-5-21(24(27)25(16)28)35-23-11-18(31)8-15(2)34-23;1-3-2/h4-5,10,12-13,15,18,23,30-31H,6-9,11H2,1-3H3;3H2,1-2H3. The van der Waals surface area contributed by atoms with Crippen LogP contribution in [0.2, 0.25) is 5.02 Å². The highest BCUT2D eigenvalue weighted by Gasteiger charge is 2.28. The molecule has 3 unspecified atom stereocenters. The molecule has 2 aromatic carbocycles. The van der Waals surface area contributed by atoms with E-state index in [2.05, 4.69) is 13.8 Å². The first-order valence-electron chi connectivity index (χ1n) is 12.9. The van der Waals surface area contributed by atoms with Gasteiger partial charge in [-0.2, -0.15) is 0 Å². The lowest BCUT2D eigenvalue weighted by Gasteiger charge is -2.31. The summed E-state index contributed by atoms with van der Waals surface area (Å²) in [7, 11) is 1.51. The molecule has 7 nitrogen and oxygen atoms in total. The van der Waals surface area contributed by atoms with Crippen LogP contribution >= 0.6 is 11.6 Å². The molecule has 38 heavy (non-hydrogen) atoms. The Kier molecular flexibility index (Phi) is 10.6. The van der Waals surface area contributed by atoms with E-state index in [0.717, 1.165) is 0 Å². The molecule has 1 aliphatic heterocycles. The zero-order chi connectivity index (χ0) is 28.0. The van der Waals surface area contributed by atoms with E-state index in [4.69, 9.17) is 25.8 Å². The maximum atomic E-state index is 15.3. The van der Waals surface area contributed by atoms with Crippen molar-refractivity contribution >= 4 is 22.5 Å². The van der Waals surface area contributed by atoms with Crippen molar-refractivity contribution in [2.45, 2.75) is 78.4 Å². The van der Waals surface area contributed by atoms with E-state index in [9.17, 15) is 15.0 Å². The molecule has 1 aliphatic rings. The lowest BCUT2D eigenvalue weighted by atomic mass is 10.00. The van der Waals surface area contributed by atoms with Gasteiger partial charge < -0.3 is 29.0 Å². The maximum absolute atomic E-state index is 15.3. The molecule has 208 valence electrons. The number of hydrogen-bond acceptors (Lipinski definition) is 6. The molecule has 2 N–H and O–H groups in total. The number of pyridine rings is 1. The van der Waals surface area contributed by atoms with Crippen molar-refractivity contribution in [3.05, 3.63) is 68.2 Å². The third kappa shape index (κ3) is 6.86. The van der Waals surface area contributed by atoms with Crippen LogP contribution in [-0.2, 0) is 17.7 Å². The van der Waals surface area contributed by atoms with Crippen LogP contribution in [0.4, 0.5) is 4.39 Å². The number of aliphatic hydroxyl groups excluding tert-OH is 2. The summed E-state index contributed by atoms with van der Waals surface area (Å²) >= 11 is 6.30. The van der Waals surface area contributed by atoms with E-state index in [-0.39, 0.29) is 41.8 Å². The third-order valence-corrected chi connectivity index (χ3v) is 6.57. The van der Waals surface area contributed by atoms with Gasteiger partial charge in [-0.1, -0.05) is 37.9 Å². The fraction of sp³-hybridized carbons (Fsp3) is 0.483. The minimum Gasteiger partial charge on any atom is -0.496 e. The highest BCUT2D eigenvalue weighted by molar-refractivity contribution is 6.32. The lowest BCUT2D eigenvalue weighted by Crippen LogP contribution is -2.37. The first-order valence-corrected chi connectivity index (χ1v) is 13.3. The largest absolute Gasteiger partial charge is 0.496 e. The Morgan fingerprint density at radius 2 is 1.89 bits per heavy atom. The molecule has 1 fully saturated rings. The fourth-order valence-corrected chi connectivity index (χ4v) is 4.75. The fourth-order valence-electron chi connectivity index (χ4n) is 4.52. The van der Waals surface area contributed by atoms with Gasteiger partial charge in [0.15, 0.2) is 5.43 Å². The number of benzene rings is 2. The molecule has 0 radical (unpaired) electrons. The summed E-state index contributed by atoms with van der Waals surface area (Å²) in [5.41, 5.74) is 1.96. The monoisotopic (exact) mass is 549 g/mol. The molecule has 3 atom stereocenters. The minimum absolute atomic E-state index is 0.0800. The topological polar surface area (TPSA) is 90.2 Å². The van der Waals surface area contributed by atoms with Gasteiger partial charge in [0.1, 0.15) is 22.3 Å². The van der Waals surface area contributed by atoms with E-state index >= 15 is 4.39 Å². The van der Waals surface area contributed by atoms with Crippen LogP contribution in [0.3, 0.4) is 0 Å². The molecule has 0 spiro atoms. The molecule has 1 aromatic heterocycles. The molecule has 0 aliphatic carbocycles. The Morgan fingerprint density at radius 1 is 1.18 bits per heavy atom. The Morgan fingerprint density at radius 3 is 2.53 bits per heavy atom. The molecule has 2 heterocycles. The Hall–Kier alpha value is -2.65. The van der Waals surface area contributed by atoms with Gasteiger partial charge in [0.2, 0.25) is 6.29 Å². The van der Waals surface area contributed by atoms with Gasteiger partial charge in [-0.3, -0.25) is 4.79 Å². The summed E-state index contributed by atoms with van der Waals surface area (Å²) in [5, 5.41) is 19.6. The van der Waals surface area contributed by atoms with E-state index in [0.29, 0.717) is 46.3 Å². The number of fused-ring (bicyclic) bond motifs is 1. The Balaban J connectivity index is 0.00000127. The number of aromatic nitrogens is 1. The summed E-state index contributed by atoms with van der Waals surface area (Å²) in [6.07, 6.45) is 2.41.